The molecule has 1 aliphatic heterocycles. The zero-order chi connectivity index (χ0) is 15.4. The van der Waals surface area contributed by atoms with Gasteiger partial charge in [0.15, 0.2) is 0 Å². The van der Waals surface area contributed by atoms with Gasteiger partial charge >= 0.3 is 0 Å². The number of nitrogens with one attached hydrogen (secondary N) is 1. The molecule has 0 bridgehead atoms. The average Bonchev–Trinajstić information content (AvgIpc) is 2.70. The largest absolute Gasteiger partial charge is 0.399 e. The molecule has 21 heavy (non-hydrogen) atoms. The van der Waals surface area contributed by atoms with Crippen LogP contribution in [0.25, 0.3) is 0 Å². The van der Waals surface area contributed by atoms with Gasteiger partial charge in [0, 0.05) is 25.4 Å². The molecule has 0 aliphatic carbocycles. The summed E-state index contributed by atoms with van der Waals surface area (Å²) in [5.41, 5.74) is 6.51. The van der Waals surface area contributed by atoms with Crippen molar-refractivity contribution >= 4 is 40.5 Å². The summed E-state index contributed by atoms with van der Waals surface area (Å²) in [6, 6.07) is 2.84. The number of halogens is 2. The molecule has 5 nitrogen and oxygen atoms in total. The number of hydrogen-bond donors (Lipinski definition) is 2. The van der Waals surface area contributed by atoms with Gasteiger partial charge in [-0.3, -0.25) is 9.69 Å². The Morgan fingerprint density at radius 1 is 1.33 bits per heavy atom. The topological polar surface area (TPSA) is 67.6 Å². The van der Waals surface area contributed by atoms with Crippen LogP contribution in [0.3, 0.4) is 0 Å². The highest BCUT2D eigenvalue weighted by Crippen LogP contribution is 2.33. The van der Waals surface area contributed by atoms with Crippen molar-refractivity contribution in [3.05, 3.63) is 22.2 Å². The number of hydrogen-bond acceptors (Lipinski definition) is 4. The van der Waals surface area contributed by atoms with Crippen LogP contribution in [0.5, 0.6) is 0 Å². The van der Waals surface area contributed by atoms with Gasteiger partial charge < -0.3 is 15.8 Å². The van der Waals surface area contributed by atoms with E-state index in [4.69, 9.17) is 33.7 Å². The first-order valence-corrected chi connectivity index (χ1v) is 7.62. The van der Waals surface area contributed by atoms with Crippen LogP contribution in [-0.2, 0) is 9.53 Å². The first-order chi connectivity index (χ1) is 9.99. The summed E-state index contributed by atoms with van der Waals surface area (Å²) in [5.74, 6) is -0.148. The Kier molecular flexibility index (Phi) is 5.70. The van der Waals surface area contributed by atoms with Crippen LogP contribution in [0.2, 0.25) is 10.0 Å². The van der Waals surface area contributed by atoms with E-state index in [0.717, 1.165) is 26.1 Å². The number of nitrogens with two attached hydrogens (primary N) is 1. The summed E-state index contributed by atoms with van der Waals surface area (Å²) >= 11 is 12.2. The molecule has 116 valence electrons. The number of ether oxygens (including phenoxy) is 1. The third kappa shape index (κ3) is 4.23. The zero-order valence-corrected chi connectivity index (χ0v) is 13.4. The molecule has 1 atom stereocenters. The quantitative estimate of drug-likeness (QED) is 0.835. The molecule has 1 fully saturated rings. The maximum Gasteiger partial charge on any atom is 0.241 e. The van der Waals surface area contributed by atoms with Gasteiger partial charge in [-0.25, -0.2) is 0 Å². The zero-order valence-electron chi connectivity index (χ0n) is 11.9. The summed E-state index contributed by atoms with van der Waals surface area (Å²) in [5, 5.41) is 3.45. The van der Waals surface area contributed by atoms with Crippen molar-refractivity contribution in [3.8, 4) is 0 Å². The normalized spacial score (nSPS) is 18.0. The monoisotopic (exact) mass is 331 g/mol. The minimum Gasteiger partial charge on any atom is -0.399 e. The number of rotatable bonds is 3. The van der Waals surface area contributed by atoms with Crippen LogP contribution in [0.15, 0.2) is 12.1 Å². The fraction of sp³-hybridized carbons (Fsp3) is 0.500. The molecule has 1 aliphatic rings. The van der Waals surface area contributed by atoms with Crippen molar-refractivity contribution in [1.82, 2.24) is 4.90 Å². The number of amides is 1. The van der Waals surface area contributed by atoms with Gasteiger partial charge in [0.05, 0.1) is 28.4 Å². The lowest BCUT2D eigenvalue weighted by molar-refractivity contribution is -0.120. The minimum absolute atomic E-state index is 0.148. The van der Waals surface area contributed by atoms with Crippen molar-refractivity contribution in [2.75, 3.05) is 37.4 Å². The highest BCUT2D eigenvalue weighted by Gasteiger charge is 2.23. The number of benzene rings is 1. The summed E-state index contributed by atoms with van der Waals surface area (Å²) in [7, 11) is 0. The lowest BCUT2D eigenvalue weighted by atomic mass is 10.2. The molecule has 0 spiro atoms. The molecule has 2 rings (SSSR count). The standard InChI is InChI=1S/C14H19Cl2N3O2/c1-9(19-3-2-5-21-6-4-19)14(20)18-13-11(15)7-10(17)8-12(13)16/h7-9H,2-6,17H2,1H3,(H,18,20). The van der Waals surface area contributed by atoms with Crippen LogP contribution in [-0.4, -0.2) is 43.2 Å². The summed E-state index contributed by atoms with van der Waals surface area (Å²) in [4.78, 5) is 14.5. The van der Waals surface area contributed by atoms with E-state index < -0.39 is 0 Å². The van der Waals surface area contributed by atoms with Crippen LogP contribution in [0, 0.1) is 0 Å². The summed E-state index contributed by atoms with van der Waals surface area (Å²) in [6.07, 6.45) is 0.918. The molecular formula is C14H19Cl2N3O2. The SMILES string of the molecule is CC(C(=O)Nc1c(Cl)cc(N)cc1Cl)N1CCCOCC1. The molecule has 1 amide bonds. The Morgan fingerprint density at radius 3 is 2.67 bits per heavy atom. The van der Waals surface area contributed by atoms with E-state index in [1.54, 1.807) is 12.1 Å². The van der Waals surface area contributed by atoms with Gasteiger partial charge in [-0.05, 0) is 25.5 Å². The van der Waals surface area contributed by atoms with Crippen LogP contribution < -0.4 is 11.1 Å². The summed E-state index contributed by atoms with van der Waals surface area (Å²) < 4.78 is 5.39. The van der Waals surface area contributed by atoms with E-state index in [-0.39, 0.29) is 11.9 Å². The van der Waals surface area contributed by atoms with E-state index in [0.29, 0.717) is 28.0 Å². The second-order valence-electron chi connectivity index (χ2n) is 5.03. The average molecular weight is 332 g/mol. The van der Waals surface area contributed by atoms with Gasteiger partial charge in [-0.1, -0.05) is 23.2 Å². The molecular weight excluding hydrogens is 313 g/mol. The number of nitrogen functional groups attached to an aromatic ring is 1. The number of nitrogens with zero attached hydrogens (tertiary/aromatic N) is 1. The predicted molar refractivity (Wildman–Crippen MR) is 86.0 cm³/mol. The number of carbonyl (C=O) groups excluding carboxylic acids is 1. The van der Waals surface area contributed by atoms with E-state index in [9.17, 15) is 4.79 Å². The number of carbonyl (C=O) groups is 1. The van der Waals surface area contributed by atoms with E-state index >= 15 is 0 Å². The van der Waals surface area contributed by atoms with E-state index in [1.807, 2.05) is 6.92 Å². The summed E-state index contributed by atoms with van der Waals surface area (Å²) in [6.45, 7) is 4.80. The van der Waals surface area contributed by atoms with Gasteiger partial charge in [-0.2, -0.15) is 0 Å². The molecule has 1 aromatic rings. The lowest BCUT2D eigenvalue weighted by Crippen LogP contribution is -2.43. The lowest BCUT2D eigenvalue weighted by Gasteiger charge is -2.26. The maximum atomic E-state index is 12.4. The smallest absolute Gasteiger partial charge is 0.241 e. The van der Waals surface area contributed by atoms with Crippen LogP contribution in [0.1, 0.15) is 13.3 Å². The fourth-order valence-electron chi connectivity index (χ4n) is 2.26. The molecule has 1 heterocycles. The van der Waals surface area contributed by atoms with Crippen molar-refractivity contribution in [1.29, 1.82) is 0 Å². The first kappa shape index (κ1) is 16.4. The number of anilines is 2. The molecule has 3 N–H and O–H groups in total. The Morgan fingerprint density at radius 2 is 2.00 bits per heavy atom. The molecule has 1 unspecified atom stereocenters. The van der Waals surface area contributed by atoms with E-state index in [1.165, 1.54) is 0 Å². The Labute approximate surface area is 134 Å². The Hall–Kier alpha value is -1.01. The van der Waals surface area contributed by atoms with Crippen molar-refractivity contribution in [2.45, 2.75) is 19.4 Å². The molecule has 0 aromatic heterocycles. The fourth-order valence-corrected chi connectivity index (χ4v) is 2.86. The Balaban J connectivity index is 2.06. The Bertz CT molecular complexity index is 494. The minimum atomic E-state index is -0.281. The van der Waals surface area contributed by atoms with Gasteiger partial charge in [0.1, 0.15) is 0 Å². The van der Waals surface area contributed by atoms with Gasteiger partial charge in [-0.15, -0.1) is 0 Å². The van der Waals surface area contributed by atoms with Crippen molar-refractivity contribution in [3.63, 3.8) is 0 Å². The molecule has 0 radical (unpaired) electrons. The molecule has 1 aromatic carbocycles. The first-order valence-electron chi connectivity index (χ1n) is 6.86. The maximum absolute atomic E-state index is 12.4. The van der Waals surface area contributed by atoms with Gasteiger partial charge in [0.25, 0.3) is 0 Å². The molecule has 7 heteroatoms. The molecule has 0 saturated carbocycles. The second-order valence-corrected chi connectivity index (χ2v) is 5.84. The predicted octanol–water partition coefficient (Wildman–Crippen LogP) is 2.62. The third-order valence-electron chi connectivity index (χ3n) is 3.50. The van der Waals surface area contributed by atoms with Crippen molar-refractivity contribution < 1.29 is 9.53 Å². The highest BCUT2D eigenvalue weighted by molar-refractivity contribution is 6.40. The molecule has 1 saturated heterocycles. The van der Waals surface area contributed by atoms with Crippen molar-refractivity contribution in [2.24, 2.45) is 0 Å². The van der Waals surface area contributed by atoms with Crippen LogP contribution in [0.4, 0.5) is 11.4 Å². The van der Waals surface area contributed by atoms with Gasteiger partial charge in [0.2, 0.25) is 5.91 Å². The third-order valence-corrected chi connectivity index (χ3v) is 4.09. The highest BCUT2D eigenvalue weighted by atomic mass is 35.5. The van der Waals surface area contributed by atoms with Crippen LogP contribution >= 0.6 is 23.2 Å². The van der Waals surface area contributed by atoms with E-state index in [2.05, 4.69) is 10.2 Å². The second kappa shape index (κ2) is 7.31.